The van der Waals surface area contributed by atoms with Crippen LogP contribution in [-0.2, 0) is 4.79 Å². The highest BCUT2D eigenvalue weighted by Gasteiger charge is 2.16. The van der Waals surface area contributed by atoms with Crippen LogP contribution in [0.4, 0.5) is 0 Å². The van der Waals surface area contributed by atoms with Crippen LogP contribution < -0.4 is 5.32 Å². The van der Waals surface area contributed by atoms with Crippen molar-refractivity contribution in [2.75, 3.05) is 0 Å². The normalized spacial score (nSPS) is 20.5. The van der Waals surface area contributed by atoms with Gasteiger partial charge in [0.25, 0.3) is 0 Å². The van der Waals surface area contributed by atoms with Crippen LogP contribution in [0.25, 0.3) is 0 Å². The van der Waals surface area contributed by atoms with Gasteiger partial charge in [0, 0.05) is 11.3 Å². The van der Waals surface area contributed by atoms with Gasteiger partial charge >= 0.3 is 0 Å². The Bertz CT molecular complexity index is 427. The zero-order valence-corrected chi connectivity index (χ0v) is 11.4. The molecule has 0 spiro atoms. The minimum Gasteiger partial charge on any atom is -0.349 e. The Hall–Kier alpha value is -0.800. The highest BCUT2D eigenvalue weighted by atomic mass is 35.5. The average molecular weight is 270 g/mol. The van der Waals surface area contributed by atoms with Gasteiger partial charge in [-0.05, 0) is 37.8 Å². The monoisotopic (exact) mass is 269 g/mol. The summed E-state index contributed by atoms with van der Waals surface area (Å²) >= 11 is 7.39. The van der Waals surface area contributed by atoms with Crippen LogP contribution in [0.2, 0.25) is 4.34 Å². The molecular weight excluding hydrogens is 254 g/mol. The van der Waals surface area contributed by atoms with E-state index in [1.54, 1.807) is 0 Å². The summed E-state index contributed by atoms with van der Waals surface area (Å²) in [4.78, 5) is 12.9. The van der Waals surface area contributed by atoms with Crippen molar-refractivity contribution >= 4 is 28.8 Å². The number of carbonyl (C=O) groups is 1. The summed E-state index contributed by atoms with van der Waals surface area (Å²) in [5.41, 5.74) is 0. The zero-order valence-electron chi connectivity index (χ0n) is 9.78. The number of amides is 1. The summed E-state index contributed by atoms with van der Waals surface area (Å²) in [6.07, 6.45) is 7.10. The molecule has 1 heterocycles. The Kier molecular flexibility index (Phi) is 4.24. The third-order valence-electron chi connectivity index (χ3n) is 2.96. The van der Waals surface area contributed by atoms with Crippen molar-refractivity contribution in [2.24, 2.45) is 5.92 Å². The molecule has 0 fully saturated rings. The minimum absolute atomic E-state index is 0.0467. The van der Waals surface area contributed by atoms with E-state index in [1.165, 1.54) is 11.3 Å². The van der Waals surface area contributed by atoms with Crippen molar-refractivity contribution in [1.82, 2.24) is 5.32 Å². The predicted octanol–water partition coefficient (Wildman–Crippen LogP) is 3.94. The number of halogens is 1. The summed E-state index contributed by atoms with van der Waals surface area (Å²) in [5.74, 6) is 0.549. The molecule has 17 heavy (non-hydrogen) atoms. The molecule has 0 aliphatic heterocycles. The molecule has 0 bridgehead atoms. The maximum atomic E-state index is 11.8. The summed E-state index contributed by atoms with van der Waals surface area (Å²) in [7, 11) is 0. The van der Waals surface area contributed by atoms with Gasteiger partial charge in [0.05, 0.1) is 10.4 Å². The molecule has 4 heteroatoms. The van der Waals surface area contributed by atoms with E-state index in [0.717, 1.165) is 22.1 Å². The van der Waals surface area contributed by atoms with Crippen LogP contribution in [0.1, 0.15) is 37.1 Å². The van der Waals surface area contributed by atoms with E-state index in [0.29, 0.717) is 12.3 Å². The van der Waals surface area contributed by atoms with Crippen LogP contribution in [0.15, 0.2) is 24.3 Å². The second kappa shape index (κ2) is 5.69. The molecule has 0 radical (unpaired) electrons. The van der Waals surface area contributed by atoms with Crippen LogP contribution in [0, 0.1) is 5.92 Å². The van der Waals surface area contributed by atoms with Crippen LogP contribution in [0.3, 0.4) is 0 Å². The van der Waals surface area contributed by atoms with Gasteiger partial charge in [0.1, 0.15) is 0 Å². The summed E-state index contributed by atoms with van der Waals surface area (Å²) in [5, 5.41) is 3.02. The predicted molar refractivity (Wildman–Crippen MR) is 72.4 cm³/mol. The fraction of sp³-hybridized carbons (Fsp3) is 0.462. The molecule has 0 unspecified atom stereocenters. The first kappa shape index (κ1) is 12.7. The number of carbonyl (C=O) groups excluding carboxylic acids is 1. The van der Waals surface area contributed by atoms with E-state index < -0.39 is 0 Å². The van der Waals surface area contributed by atoms with Crippen LogP contribution in [-0.4, -0.2) is 5.91 Å². The number of hydrogen-bond donors (Lipinski definition) is 1. The smallest absolute Gasteiger partial charge is 0.221 e. The summed E-state index contributed by atoms with van der Waals surface area (Å²) < 4.78 is 0.764. The molecule has 2 nitrogen and oxygen atoms in total. The van der Waals surface area contributed by atoms with Gasteiger partial charge in [-0.25, -0.2) is 0 Å². The quantitative estimate of drug-likeness (QED) is 0.825. The first-order valence-corrected chi connectivity index (χ1v) is 7.06. The largest absolute Gasteiger partial charge is 0.349 e. The molecule has 0 saturated heterocycles. The van der Waals surface area contributed by atoms with Gasteiger partial charge in [0.2, 0.25) is 5.91 Å². The fourth-order valence-corrected chi connectivity index (χ4v) is 3.10. The molecule has 1 aromatic heterocycles. The van der Waals surface area contributed by atoms with E-state index in [-0.39, 0.29) is 11.9 Å². The second-order valence-electron chi connectivity index (χ2n) is 4.40. The Morgan fingerprint density at radius 2 is 2.47 bits per heavy atom. The summed E-state index contributed by atoms with van der Waals surface area (Å²) in [6.45, 7) is 1.99. The molecule has 2 rings (SSSR count). The van der Waals surface area contributed by atoms with E-state index in [4.69, 9.17) is 11.6 Å². The van der Waals surface area contributed by atoms with Gasteiger partial charge in [-0.1, -0.05) is 23.8 Å². The van der Waals surface area contributed by atoms with Gasteiger partial charge < -0.3 is 5.32 Å². The Morgan fingerprint density at radius 1 is 1.65 bits per heavy atom. The lowest BCUT2D eigenvalue weighted by Crippen LogP contribution is -2.27. The average Bonchev–Trinajstić information content (AvgIpc) is 2.89. The Labute approximate surface area is 111 Å². The first-order valence-electron chi connectivity index (χ1n) is 5.86. The lowest BCUT2D eigenvalue weighted by Gasteiger charge is -2.13. The van der Waals surface area contributed by atoms with Crippen molar-refractivity contribution in [3.8, 4) is 0 Å². The first-order chi connectivity index (χ1) is 8.15. The number of nitrogens with one attached hydrogen (secondary N) is 1. The lowest BCUT2D eigenvalue weighted by atomic mass is 10.0. The van der Waals surface area contributed by atoms with Crippen LogP contribution >= 0.6 is 22.9 Å². The molecular formula is C13H16ClNOS. The maximum absolute atomic E-state index is 11.8. The molecule has 1 N–H and O–H groups in total. The van der Waals surface area contributed by atoms with Crippen molar-refractivity contribution in [1.29, 1.82) is 0 Å². The molecule has 1 aliphatic carbocycles. The molecule has 2 atom stereocenters. The summed E-state index contributed by atoms with van der Waals surface area (Å²) in [6, 6.07) is 3.88. The molecule has 1 aromatic rings. The highest BCUT2D eigenvalue weighted by Crippen LogP contribution is 2.27. The number of rotatable bonds is 4. The van der Waals surface area contributed by atoms with E-state index in [2.05, 4.69) is 17.5 Å². The van der Waals surface area contributed by atoms with Gasteiger partial charge in [0.15, 0.2) is 0 Å². The van der Waals surface area contributed by atoms with Gasteiger partial charge in [-0.3, -0.25) is 4.79 Å². The van der Waals surface area contributed by atoms with Crippen molar-refractivity contribution in [2.45, 2.75) is 32.2 Å². The fourth-order valence-electron chi connectivity index (χ4n) is 2.04. The molecule has 1 amide bonds. The molecule has 92 valence electrons. The maximum Gasteiger partial charge on any atom is 0.221 e. The topological polar surface area (TPSA) is 29.1 Å². The molecule has 0 aromatic carbocycles. The van der Waals surface area contributed by atoms with Crippen molar-refractivity contribution in [3.05, 3.63) is 33.5 Å². The number of hydrogen-bond acceptors (Lipinski definition) is 2. The molecule has 1 aliphatic rings. The van der Waals surface area contributed by atoms with Gasteiger partial charge in [-0.15, -0.1) is 11.3 Å². The third-order valence-corrected chi connectivity index (χ3v) is 4.37. The van der Waals surface area contributed by atoms with Crippen molar-refractivity contribution < 1.29 is 4.79 Å². The Morgan fingerprint density at radius 3 is 3.06 bits per heavy atom. The minimum atomic E-state index is 0.0467. The van der Waals surface area contributed by atoms with E-state index >= 15 is 0 Å². The van der Waals surface area contributed by atoms with Crippen molar-refractivity contribution in [3.63, 3.8) is 0 Å². The number of thiophene rings is 1. The SMILES string of the molecule is C[C@H](NC(=O)C[C@@H]1C=CCC1)c1ccc(Cl)s1. The standard InChI is InChI=1S/C13H16ClNOS/c1-9(11-6-7-12(14)17-11)15-13(16)8-10-4-2-3-5-10/h2,4,6-7,9-10H,3,5,8H2,1H3,(H,15,16)/t9-,10+/m0/s1. The zero-order chi connectivity index (χ0) is 12.3. The van der Waals surface area contributed by atoms with Crippen LogP contribution in [0.5, 0.6) is 0 Å². The van der Waals surface area contributed by atoms with Gasteiger partial charge in [-0.2, -0.15) is 0 Å². The third kappa shape index (κ3) is 3.58. The molecule has 0 saturated carbocycles. The lowest BCUT2D eigenvalue weighted by molar-refractivity contribution is -0.122. The second-order valence-corrected chi connectivity index (χ2v) is 6.15. The number of allylic oxidation sites excluding steroid dienone is 2. The van der Waals surface area contributed by atoms with E-state index in [9.17, 15) is 4.79 Å². The van der Waals surface area contributed by atoms with E-state index in [1.807, 2.05) is 19.1 Å². The Balaban J connectivity index is 1.83. The highest BCUT2D eigenvalue weighted by molar-refractivity contribution is 7.16.